The summed E-state index contributed by atoms with van der Waals surface area (Å²) in [5.74, 6) is 0.267. The molecule has 0 aliphatic carbocycles. The van der Waals surface area contributed by atoms with Crippen LogP contribution in [0.2, 0.25) is 0 Å². The Hall–Kier alpha value is -2.89. The quantitative estimate of drug-likeness (QED) is 0.692. The first-order chi connectivity index (χ1) is 11.1. The van der Waals surface area contributed by atoms with Crippen molar-refractivity contribution in [3.05, 3.63) is 64.8 Å². The van der Waals surface area contributed by atoms with Crippen molar-refractivity contribution in [2.45, 2.75) is 27.4 Å². The maximum absolute atomic E-state index is 12.4. The Balaban J connectivity index is 1.82. The van der Waals surface area contributed by atoms with Gasteiger partial charge in [0, 0.05) is 6.07 Å². The largest absolute Gasteiger partial charge is 0.455 e. The topological polar surface area (TPSA) is 70.2 Å². The van der Waals surface area contributed by atoms with Crippen LogP contribution >= 0.6 is 0 Å². The Morgan fingerprint density at radius 2 is 1.96 bits per heavy atom. The van der Waals surface area contributed by atoms with Crippen LogP contribution in [0.15, 0.2) is 40.9 Å². The van der Waals surface area contributed by atoms with Crippen molar-refractivity contribution >= 4 is 5.97 Å². The van der Waals surface area contributed by atoms with Gasteiger partial charge in [0.05, 0.1) is 17.1 Å². The minimum atomic E-state index is -0.414. The number of esters is 1. The van der Waals surface area contributed by atoms with E-state index in [0.29, 0.717) is 22.7 Å². The van der Waals surface area contributed by atoms with Crippen LogP contribution in [-0.2, 0) is 11.3 Å². The van der Waals surface area contributed by atoms with E-state index in [1.165, 1.54) is 0 Å². The Labute approximate surface area is 133 Å². The molecule has 0 fully saturated rings. The number of aryl methyl sites for hydroxylation is 2. The highest BCUT2D eigenvalue weighted by Gasteiger charge is 2.21. The third kappa shape index (κ3) is 3.01. The van der Waals surface area contributed by atoms with Crippen molar-refractivity contribution in [3.8, 4) is 5.69 Å². The first-order valence-electron chi connectivity index (χ1n) is 7.27. The van der Waals surface area contributed by atoms with Crippen LogP contribution in [0.1, 0.15) is 33.2 Å². The number of para-hydroxylation sites is 1. The van der Waals surface area contributed by atoms with Crippen LogP contribution in [0.3, 0.4) is 0 Å². The van der Waals surface area contributed by atoms with E-state index in [1.807, 2.05) is 37.3 Å². The summed E-state index contributed by atoms with van der Waals surface area (Å²) < 4.78 is 12.0. The van der Waals surface area contributed by atoms with Crippen LogP contribution in [0.4, 0.5) is 0 Å². The number of benzene rings is 1. The maximum atomic E-state index is 12.4. The molecule has 2 aromatic heterocycles. The van der Waals surface area contributed by atoms with Gasteiger partial charge in [-0.15, -0.1) is 0 Å². The molecule has 0 radical (unpaired) electrons. The average Bonchev–Trinajstić information content (AvgIpc) is 3.09. The third-order valence-corrected chi connectivity index (χ3v) is 3.52. The van der Waals surface area contributed by atoms with Crippen molar-refractivity contribution in [3.63, 3.8) is 0 Å². The highest BCUT2D eigenvalue weighted by Crippen LogP contribution is 2.19. The van der Waals surface area contributed by atoms with Crippen molar-refractivity contribution in [2.75, 3.05) is 0 Å². The Morgan fingerprint density at radius 3 is 2.61 bits per heavy atom. The van der Waals surface area contributed by atoms with Crippen molar-refractivity contribution in [1.82, 2.24) is 14.9 Å². The lowest BCUT2D eigenvalue weighted by molar-refractivity contribution is 0.0462. The lowest BCUT2D eigenvalue weighted by atomic mass is 10.2. The number of ether oxygens (including phenoxy) is 1. The van der Waals surface area contributed by atoms with Gasteiger partial charge in [-0.3, -0.25) is 0 Å². The summed E-state index contributed by atoms with van der Waals surface area (Å²) >= 11 is 0. The molecule has 0 saturated carbocycles. The third-order valence-electron chi connectivity index (χ3n) is 3.52. The van der Waals surface area contributed by atoms with Crippen LogP contribution in [0.5, 0.6) is 0 Å². The summed E-state index contributed by atoms with van der Waals surface area (Å²) in [6.45, 7) is 5.51. The van der Waals surface area contributed by atoms with Gasteiger partial charge >= 0.3 is 5.97 Å². The molecule has 0 saturated heterocycles. The zero-order chi connectivity index (χ0) is 16.4. The second-order valence-electron chi connectivity index (χ2n) is 5.30. The highest BCUT2D eigenvalue weighted by molar-refractivity contribution is 5.92. The van der Waals surface area contributed by atoms with Crippen LogP contribution in [-0.4, -0.2) is 20.9 Å². The molecule has 0 aliphatic heterocycles. The monoisotopic (exact) mass is 311 g/mol. The molecular formula is C17H17N3O3. The fraction of sp³-hybridized carbons (Fsp3) is 0.235. The summed E-state index contributed by atoms with van der Waals surface area (Å²) in [5.41, 5.74) is 3.35. The van der Waals surface area contributed by atoms with Gasteiger partial charge in [0.15, 0.2) is 0 Å². The van der Waals surface area contributed by atoms with Gasteiger partial charge in [-0.25, -0.2) is 9.48 Å². The Morgan fingerprint density at radius 1 is 1.22 bits per heavy atom. The summed E-state index contributed by atoms with van der Waals surface area (Å²) in [6, 6.07) is 11.4. The summed E-state index contributed by atoms with van der Waals surface area (Å²) in [5, 5.41) is 8.25. The van der Waals surface area contributed by atoms with Gasteiger partial charge in [0.2, 0.25) is 0 Å². The van der Waals surface area contributed by atoms with Gasteiger partial charge in [-0.05, 0) is 32.9 Å². The van der Waals surface area contributed by atoms with E-state index in [1.54, 1.807) is 24.6 Å². The fourth-order valence-electron chi connectivity index (χ4n) is 2.46. The molecule has 6 heteroatoms. The Bertz CT molecular complexity index is 834. The zero-order valence-electron chi connectivity index (χ0n) is 13.2. The highest BCUT2D eigenvalue weighted by atomic mass is 16.5. The van der Waals surface area contributed by atoms with Gasteiger partial charge in [-0.1, -0.05) is 23.4 Å². The number of hydrogen-bond donors (Lipinski definition) is 0. The number of carbonyl (C=O) groups excluding carboxylic acids is 1. The standard InChI is InChI=1S/C17H17N3O3/c1-11-9-14(19-23-11)10-22-17(21)16-12(2)18-20(13(16)3)15-7-5-4-6-8-15/h4-9H,10H2,1-3H3. The molecular weight excluding hydrogens is 294 g/mol. The van der Waals surface area contributed by atoms with E-state index in [9.17, 15) is 4.79 Å². The van der Waals surface area contributed by atoms with E-state index in [-0.39, 0.29) is 6.61 Å². The molecule has 0 spiro atoms. The Kier molecular flexibility index (Phi) is 3.97. The van der Waals surface area contributed by atoms with Crippen LogP contribution in [0, 0.1) is 20.8 Å². The molecule has 0 amide bonds. The molecule has 0 atom stereocenters. The molecule has 0 N–H and O–H groups in total. The van der Waals surface area contributed by atoms with E-state index in [4.69, 9.17) is 9.26 Å². The number of aromatic nitrogens is 3. The molecule has 0 unspecified atom stereocenters. The zero-order valence-corrected chi connectivity index (χ0v) is 13.2. The minimum Gasteiger partial charge on any atom is -0.455 e. The predicted molar refractivity (Wildman–Crippen MR) is 83.4 cm³/mol. The van der Waals surface area contributed by atoms with Crippen LogP contribution in [0.25, 0.3) is 5.69 Å². The van der Waals surface area contributed by atoms with Gasteiger partial charge in [0.25, 0.3) is 0 Å². The molecule has 118 valence electrons. The average molecular weight is 311 g/mol. The van der Waals surface area contributed by atoms with Gasteiger partial charge < -0.3 is 9.26 Å². The molecule has 3 aromatic rings. The summed E-state index contributed by atoms with van der Waals surface area (Å²) in [7, 11) is 0. The van der Waals surface area contributed by atoms with E-state index < -0.39 is 5.97 Å². The number of carbonyl (C=O) groups is 1. The first kappa shape index (κ1) is 15.0. The second-order valence-corrected chi connectivity index (χ2v) is 5.30. The number of hydrogen-bond acceptors (Lipinski definition) is 5. The van der Waals surface area contributed by atoms with Crippen molar-refractivity contribution in [1.29, 1.82) is 0 Å². The second kappa shape index (κ2) is 6.08. The minimum absolute atomic E-state index is 0.0750. The van der Waals surface area contributed by atoms with E-state index >= 15 is 0 Å². The van der Waals surface area contributed by atoms with Crippen molar-refractivity contribution < 1.29 is 14.1 Å². The SMILES string of the molecule is Cc1cc(COC(=O)c2c(C)nn(-c3ccccc3)c2C)no1. The normalized spacial score (nSPS) is 10.7. The fourth-order valence-corrected chi connectivity index (χ4v) is 2.46. The number of rotatable bonds is 4. The van der Waals surface area contributed by atoms with Crippen molar-refractivity contribution in [2.24, 2.45) is 0 Å². The van der Waals surface area contributed by atoms with Gasteiger partial charge in [0.1, 0.15) is 23.6 Å². The molecule has 0 aliphatic rings. The van der Waals surface area contributed by atoms with Gasteiger partial charge in [-0.2, -0.15) is 5.10 Å². The maximum Gasteiger partial charge on any atom is 0.342 e. The van der Waals surface area contributed by atoms with E-state index in [2.05, 4.69) is 10.3 Å². The smallest absolute Gasteiger partial charge is 0.342 e. The van der Waals surface area contributed by atoms with Crippen LogP contribution < -0.4 is 0 Å². The molecule has 0 bridgehead atoms. The number of nitrogens with zero attached hydrogens (tertiary/aromatic N) is 3. The summed E-state index contributed by atoms with van der Waals surface area (Å²) in [6.07, 6.45) is 0. The summed E-state index contributed by atoms with van der Waals surface area (Å²) in [4.78, 5) is 12.4. The first-order valence-corrected chi connectivity index (χ1v) is 7.27. The lowest BCUT2D eigenvalue weighted by Gasteiger charge is -2.05. The molecule has 6 nitrogen and oxygen atoms in total. The molecule has 1 aromatic carbocycles. The lowest BCUT2D eigenvalue weighted by Crippen LogP contribution is -2.08. The molecule has 3 rings (SSSR count). The molecule has 23 heavy (non-hydrogen) atoms. The predicted octanol–water partition coefficient (Wildman–Crippen LogP) is 3.14. The van der Waals surface area contributed by atoms with E-state index in [0.717, 1.165) is 11.4 Å². The molecule has 2 heterocycles.